The summed E-state index contributed by atoms with van der Waals surface area (Å²) in [4.78, 5) is 34.3. The van der Waals surface area contributed by atoms with E-state index in [1.807, 2.05) is 59.2 Å². The molecular weight excluding hydrogens is 454 g/mol. The highest BCUT2D eigenvalue weighted by atomic mass is 32.1. The minimum Gasteiger partial charge on any atom is -0.338 e. The van der Waals surface area contributed by atoms with Gasteiger partial charge < -0.3 is 9.80 Å². The van der Waals surface area contributed by atoms with Gasteiger partial charge in [-0.05, 0) is 67.0 Å². The number of fused-ring (bicyclic) bond motifs is 1. The highest BCUT2D eigenvalue weighted by Crippen LogP contribution is 2.38. The van der Waals surface area contributed by atoms with Crippen LogP contribution in [-0.4, -0.2) is 65.3 Å². The van der Waals surface area contributed by atoms with Crippen molar-refractivity contribution in [3.8, 4) is 0 Å². The molecule has 1 aromatic heterocycles. The van der Waals surface area contributed by atoms with Crippen LogP contribution in [0, 0.1) is 13.8 Å². The second-order valence-corrected chi connectivity index (χ2v) is 10.8. The molecule has 2 amide bonds. The number of aryl methyl sites for hydroxylation is 2. The third-order valence-corrected chi connectivity index (χ3v) is 8.50. The molecule has 6 heteroatoms. The van der Waals surface area contributed by atoms with Gasteiger partial charge in [0.05, 0.1) is 12.6 Å². The Morgan fingerprint density at radius 2 is 1.66 bits per heavy atom. The van der Waals surface area contributed by atoms with Crippen LogP contribution >= 0.6 is 11.3 Å². The zero-order valence-electron chi connectivity index (χ0n) is 20.7. The van der Waals surface area contributed by atoms with Crippen molar-refractivity contribution < 1.29 is 9.59 Å². The Hall–Kier alpha value is -2.96. The predicted octanol–water partition coefficient (Wildman–Crippen LogP) is 4.69. The number of hydrogen-bond donors (Lipinski definition) is 0. The average Bonchev–Trinajstić information content (AvgIpc) is 3.33. The summed E-state index contributed by atoms with van der Waals surface area (Å²) >= 11 is 1.82. The van der Waals surface area contributed by atoms with Crippen molar-refractivity contribution >= 4 is 23.2 Å². The van der Waals surface area contributed by atoms with Crippen LogP contribution in [-0.2, 0) is 11.2 Å². The Kier molecular flexibility index (Phi) is 6.76. The lowest BCUT2D eigenvalue weighted by Gasteiger charge is -2.42. The first-order chi connectivity index (χ1) is 16.9. The van der Waals surface area contributed by atoms with Gasteiger partial charge in [0, 0.05) is 42.7 Å². The van der Waals surface area contributed by atoms with Gasteiger partial charge in [-0.3, -0.25) is 14.5 Å². The van der Waals surface area contributed by atoms with Gasteiger partial charge in [0.2, 0.25) is 5.91 Å². The zero-order chi connectivity index (χ0) is 24.5. The van der Waals surface area contributed by atoms with Crippen molar-refractivity contribution in [3.05, 3.63) is 92.7 Å². The molecule has 1 saturated heterocycles. The molecule has 2 aliphatic heterocycles. The van der Waals surface area contributed by atoms with Gasteiger partial charge in [-0.1, -0.05) is 42.5 Å². The van der Waals surface area contributed by atoms with Crippen molar-refractivity contribution in [2.45, 2.75) is 39.3 Å². The normalized spacial score (nSPS) is 20.5. The minimum absolute atomic E-state index is 0.0168. The lowest BCUT2D eigenvalue weighted by molar-refractivity contribution is -0.135. The molecule has 0 radical (unpaired) electrons. The average molecular weight is 488 g/mol. The summed E-state index contributed by atoms with van der Waals surface area (Å²) in [6.45, 7) is 9.16. The van der Waals surface area contributed by atoms with E-state index < -0.39 is 0 Å². The van der Waals surface area contributed by atoms with Crippen molar-refractivity contribution in [2.24, 2.45) is 0 Å². The molecule has 5 rings (SSSR count). The van der Waals surface area contributed by atoms with Crippen molar-refractivity contribution in [1.29, 1.82) is 0 Å². The van der Waals surface area contributed by atoms with Gasteiger partial charge >= 0.3 is 0 Å². The van der Waals surface area contributed by atoms with E-state index in [0.717, 1.165) is 24.1 Å². The van der Waals surface area contributed by atoms with E-state index in [9.17, 15) is 9.59 Å². The Bertz CT molecular complexity index is 1240. The second-order valence-electron chi connectivity index (χ2n) is 9.78. The zero-order valence-corrected chi connectivity index (χ0v) is 21.6. The maximum absolute atomic E-state index is 13.5. The molecule has 0 spiro atoms. The molecular formula is C29H33N3O2S. The number of nitrogens with zero attached hydrogens (tertiary/aromatic N) is 3. The van der Waals surface area contributed by atoms with Crippen molar-refractivity contribution in [2.75, 3.05) is 32.7 Å². The largest absolute Gasteiger partial charge is 0.338 e. The lowest BCUT2D eigenvalue weighted by Crippen LogP contribution is -2.57. The van der Waals surface area contributed by atoms with Crippen LogP contribution in [0.25, 0.3) is 0 Å². The molecule has 35 heavy (non-hydrogen) atoms. The van der Waals surface area contributed by atoms with Crippen LogP contribution in [0.15, 0.2) is 60.0 Å². The van der Waals surface area contributed by atoms with Crippen molar-refractivity contribution in [1.82, 2.24) is 14.7 Å². The van der Waals surface area contributed by atoms with Crippen LogP contribution in [0.1, 0.15) is 50.5 Å². The molecule has 0 saturated carbocycles. The van der Waals surface area contributed by atoms with Gasteiger partial charge in [0.15, 0.2) is 0 Å². The number of amides is 2. The molecule has 0 N–H and O–H groups in total. The number of hydrogen-bond acceptors (Lipinski definition) is 4. The summed E-state index contributed by atoms with van der Waals surface area (Å²) in [6.07, 6.45) is 0.984. The molecule has 5 nitrogen and oxygen atoms in total. The van der Waals surface area contributed by atoms with Gasteiger partial charge in [-0.25, -0.2) is 0 Å². The van der Waals surface area contributed by atoms with Crippen LogP contribution in [0.5, 0.6) is 0 Å². The molecule has 0 unspecified atom stereocenters. The smallest absolute Gasteiger partial charge is 0.254 e. The maximum Gasteiger partial charge on any atom is 0.254 e. The second kappa shape index (κ2) is 9.96. The Labute approximate surface area is 212 Å². The van der Waals surface area contributed by atoms with E-state index in [-0.39, 0.29) is 23.9 Å². The fraction of sp³-hybridized carbons (Fsp3) is 0.379. The molecule has 3 aromatic rings. The van der Waals surface area contributed by atoms with Crippen LogP contribution in [0.3, 0.4) is 0 Å². The first-order valence-corrected chi connectivity index (χ1v) is 13.3. The van der Waals surface area contributed by atoms with E-state index in [2.05, 4.69) is 47.5 Å². The lowest BCUT2D eigenvalue weighted by atomic mass is 9.90. The summed E-state index contributed by atoms with van der Waals surface area (Å²) < 4.78 is 0. The number of carbonyl (C=O) groups is 2. The molecule has 2 atom stereocenters. The third-order valence-electron chi connectivity index (χ3n) is 7.50. The topological polar surface area (TPSA) is 43.9 Å². The number of thiophene rings is 1. The van der Waals surface area contributed by atoms with Crippen LogP contribution < -0.4 is 0 Å². The van der Waals surface area contributed by atoms with E-state index in [1.165, 1.54) is 21.6 Å². The van der Waals surface area contributed by atoms with Crippen LogP contribution in [0.4, 0.5) is 0 Å². The first-order valence-electron chi connectivity index (χ1n) is 12.4. The van der Waals surface area contributed by atoms with E-state index >= 15 is 0 Å². The Morgan fingerprint density at radius 3 is 2.40 bits per heavy atom. The highest BCUT2D eigenvalue weighted by Gasteiger charge is 2.35. The highest BCUT2D eigenvalue weighted by molar-refractivity contribution is 7.10. The van der Waals surface area contributed by atoms with Crippen LogP contribution in [0.2, 0.25) is 0 Å². The van der Waals surface area contributed by atoms with Crippen molar-refractivity contribution in [3.63, 3.8) is 0 Å². The molecule has 182 valence electrons. The number of piperazine rings is 1. The molecule has 3 heterocycles. The standard InChI is InChI=1S/C29H33N3O2S/c1-20-8-4-6-10-23(20)28-25-13-17-35-26(25)12-14-31(28)19-27(33)30-15-16-32(22(3)18-30)29(34)24-11-7-5-9-21(24)2/h4-11,13,17,22,28H,12,14-16,18-19H2,1-3H3/t22-,28+/m1/s1. The number of rotatable bonds is 4. The molecule has 0 aliphatic carbocycles. The summed E-state index contributed by atoms with van der Waals surface area (Å²) in [6, 6.07) is 18.6. The van der Waals surface area contributed by atoms with Gasteiger partial charge in [-0.15, -0.1) is 11.3 Å². The quantitative estimate of drug-likeness (QED) is 0.537. The van der Waals surface area contributed by atoms with Gasteiger partial charge in [-0.2, -0.15) is 0 Å². The summed E-state index contributed by atoms with van der Waals surface area (Å²) in [5.41, 5.74) is 5.61. The monoisotopic (exact) mass is 487 g/mol. The SMILES string of the molecule is Cc1ccccc1C(=O)N1CCN(C(=O)CN2CCc3sccc3[C@@H]2c2ccccc2C)C[C@H]1C. The predicted molar refractivity (Wildman–Crippen MR) is 141 cm³/mol. The summed E-state index contributed by atoms with van der Waals surface area (Å²) in [5.74, 6) is 0.209. The summed E-state index contributed by atoms with van der Waals surface area (Å²) in [7, 11) is 0. The maximum atomic E-state index is 13.5. The van der Waals surface area contributed by atoms with Gasteiger partial charge in [0.25, 0.3) is 5.91 Å². The van der Waals surface area contributed by atoms with E-state index in [4.69, 9.17) is 0 Å². The summed E-state index contributed by atoms with van der Waals surface area (Å²) in [5, 5.41) is 2.17. The van der Waals surface area contributed by atoms with E-state index in [1.54, 1.807) is 0 Å². The van der Waals surface area contributed by atoms with E-state index in [0.29, 0.717) is 26.2 Å². The number of benzene rings is 2. The fourth-order valence-electron chi connectivity index (χ4n) is 5.52. The number of carbonyl (C=O) groups excluding carboxylic acids is 2. The van der Waals surface area contributed by atoms with Gasteiger partial charge in [0.1, 0.15) is 0 Å². The molecule has 1 fully saturated rings. The fourth-order valence-corrected chi connectivity index (χ4v) is 6.43. The Morgan fingerprint density at radius 1 is 0.914 bits per heavy atom. The molecule has 2 aromatic carbocycles. The molecule has 2 aliphatic rings. The molecule has 0 bridgehead atoms. The minimum atomic E-state index is -0.0168. The first kappa shape index (κ1) is 23.8. The third kappa shape index (κ3) is 4.65. The Balaban J connectivity index is 1.30.